The van der Waals surface area contributed by atoms with Gasteiger partial charge in [0, 0.05) is 6.07 Å². The van der Waals surface area contributed by atoms with Gasteiger partial charge in [-0.15, -0.1) is 0 Å². The van der Waals surface area contributed by atoms with Gasteiger partial charge in [-0.25, -0.2) is 4.79 Å². The molecule has 0 unspecified atom stereocenters. The zero-order valence-electron chi connectivity index (χ0n) is 6.22. The molecule has 0 saturated carbocycles. The summed E-state index contributed by atoms with van der Waals surface area (Å²) in [6.45, 7) is 0. The monoisotopic (exact) mass is 186 g/mol. The fourth-order valence-electron chi connectivity index (χ4n) is 0.737. The van der Waals surface area contributed by atoms with Gasteiger partial charge in [-0.3, -0.25) is 0 Å². The second kappa shape index (κ2) is 3.41. The van der Waals surface area contributed by atoms with Gasteiger partial charge in [-0.1, -0.05) is 6.07 Å². The van der Waals surface area contributed by atoms with E-state index in [2.05, 4.69) is 4.99 Å². The smallest absolute Gasteiger partial charge is 0.211 e. The van der Waals surface area contributed by atoms with Crippen LogP contribution < -0.4 is 0 Å². The van der Waals surface area contributed by atoms with Crippen molar-refractivity contribution in [2.24, 2.45) is 4.99 Å². The molecule has 5 heteroatoms. The molecular weight excluding hydrogens is 183 g/mol. The van der Waals surface area contributed by atoms with Gasteiger partial charge in [0.05, 0.1) is 11.3 Å². The summed E-state index contributed by atoms with van der Waals surface area (Å²) in [5, 5.41) is 0. The molecule has 0 amide bonds. The Labute approximate surface area is 71.7 Å². The van der Waals surface area contributed by atoms with E-state index < -0.39 is 11.7 Å². The van der Waals surface area contributed by atoms with Crippen molar-refractivity contribution in [1.29, 1.82) is 0 Å². The van der Waals surface area contributed by atoms with Crippen molar-refractivity contribution < 1.29 is 18.0 Å². The van der Waals surface area contributed by atoms with Crippen molar-refractivity contribution in [2.75, 3.05) is 0 Å². The van der Waals surface area contributed by atoms with Crippen LogP contribution in [0.5, 0.6) is 0 Å². The number of halogens is 3. The number of isocyanates is 1. The molecule has 2 nitrogen and oxygen atoms in total. The largest absolute Gasteiger partial charge is 0.417 e. The fraction of sp³-hybridized carbons (Fsp3) is 0.125. The topological polar surface area (TPSA) is 29.4 Å². The van der Waals surface area contributed by atoms with E-state index >= 15 is 0 Å². The Morgan fingerprint density at radius 1 is 1.38 bits per heavy atom. The third-order valence-electron chi connectivity index (χ3n) is 1.25. The quantitative estimate of drug-likeness (QED) is 0.489. The van der Waals surface area contributed by atoms with Crippen LogP contribution in [-0.4, -0.2) is 6.08 Å². The lowest BCUT2D eigenvalue weighted by atomic mass is 10.2. The van der Waals surface area contributed by atoms with Gasteiger partial charge in [0.2, 0.25) is 6.08 Å². The molecule has 0 heterocycles. The molecule has 0 saturated heterocycles. The van der Waals surface area contributed by atoms with E-state index in [1.165, 1.54) is 6.07 Å². The average molecular weight is 186 g/mol. The Morgan fingerprint density at radius 2 is 2.08 bits per heavy atom. The lowest BCUT2D eigenvalue weighted by Gasteiger charge is -2.04. The summed E-state index contributed by atoms with van der Waals surface area (Å²) in [7, 11) is 0. The van der Waals surface area contributed by atoms with Crippen LogP contribution in [0.4, 0.5) is 18.9 Å². The Kier molecular flexibility index (Phi) is 2.49. The Bertz CT molecular complexity index is 353. The zero-order chi connectivity index (χ0) is 9.90. The van der Waals surface area contributed by atoms with Crippen molar-refractivity contribution >= 4 is 11.8 Å². The summed E-state index contributed by atoms with van der Waals surface area (Å²) in [6, 6.07) is 5.17. The number of aliphatic imine (C=N–C) groups is 1. The second-order valence-corrected chi connectivity index (χ2v) is 2.15. The lowest BCUT2D eigenvalue weighted by molar-refractivity contribution is -0.137. The molecule has 0 N–H and O–H groups in total. The summed E-state index contributed by atoms with van der Waals surface area (Å²) in [6.07, 6.45) is -3.32. The van der Waals surface area contributed by atoms with Gasteiger partial charge in [0.1, 0.15) is 0 Å². The highest BCUT2D eigenvalue weighted by Gasteiger charge is 2.30. The molecule has 0 bridgehead atoms. The van der Waals surface area contributed by atoms with Gasteiger partial charge in [0.25, 0.3) is 0 Å². The van der Waals surface area contributed by atoms with Crippen LogP contribution in [0.1, 0.15) is 5.56 Å². The van der Waals surface area contributed by atoms with E-state index in [-0.39, 0.29) is 5.69 Å². The molecular formula is C8H3F3NO. The van der Waals surface area contributed by atoms with Crippen LogP contribution in [-0.2, 0) is 11.0 Å². The maximum absolute atomic E-state index is 12.0. The molecule has 0 aliphatic carbocycles. The minimum absolute atomic E-state index is 0.176. The fourth-order valence-corrected chi connectivity index (χ4v) is 0.737. The maximum atomic E-state index is 12.0. The molecule has 0 aliphatic rings. The molecule has 1 rings (SSSR count). The molecule has 67 valence electrons. The number of benzene rings is 1. The molecule has 0 atom stereocenters. The second-order valence-electron chi connectivity index (χ2n) is 2.15. The van der Waals surface area contributed by atoms with E-state index in [0.29, 0.717) is 0 Å². The van der Waals surface area contributed by atoms with Crippen molar-refractivity contribution in [3.63, 3.8) is 0 Å². The summed E-state index contributed by atoms with van der Waals surface area (Å²) in [5.41, 5.74) is -1.13. The average Bonchev–Trinajstić information content (AvgIpc) is 2.04. The van der Waals surface area contributed by atoms with Gasteiger partial charge in [-0.05, 0) is 12.1 Å². The number of rotatable bonds is 1. The Morgan fingerprint density at radius 3 is 2.62 bits per heavy atom. The number of nitrogens with zero attached hydrogens (tertiary/aromatic N) is 1. The van der Waals surface area contributed by atoms with Crippen LogP contribution in [0.15, 0.2) is 23.2 Å². The first-order valence-electron chi connectivity index (χ1n) is 3.21. The predicted molar refractivity (Wildman–Crippen MR) is 38.1 cm³/mol. The summed E-state index contributed by atoms with van der Waals surface area (Å²) in [4.78, 5) is 12.8. The van der Waals surface area contributed by atoms with E-state index in [1.54, 1.807) is 0 Å². The highest BCUT2D eigenvalue weighted by molar-refractivity contribution is 5.49. The predicted octanol–water partition coefficient (Wildman–Crippen LogP) is 2.47. The molecule has 1 aromatic carbocycles. The number of carbonyl (C=O) groups excluding carboxylic acids is 1. The highest BCUT2D eigenvalue weighted by Crippen LogP contribution is 2.30. The van der Waals surface area contributed by atoms with Crippen LogP contribution in [0.2, 0.25) is 0 Å². The normalized spacial score (nSPS) is 10.7. The van der Waals surface area contributed by atoms with Gasteiger partial charge >= 0.3 is 6.18 Å². The highest BCUT2D eigenvalue weighted by atomic mass is 19.4. The minimum atomic E-state index is -4.46. The van der Waals surface area contributed by atoms with Crippen LogP contribution >= 0.6 is 0 Å². The third-order valence-corrected chi connectivity index (χ3v) is 1.25. The summed E-state index contributed by atoms with van der Waals surface area (Å²) < 4.78 is 36.1. The zero-order valence-corrected chi connectivity index (χ0v) is 6.22. The van der Waals surface area contributed by atoms with Crippen molar-refractivity contribution in [3.05, 3.63) is 29.8 Å². The molecule has 0 fully saturated rings. The number of hydrogen-bond donors (Lipinski definition) is 0. The number of hydrogen-bond acceptors (Lipinski definition) is 2. The van der Waals surface area contributed by atoms with Crippen LogP contribution in [0.25, 0.3) is 0 Å². The molecule has 0 spiro atoms. The SMILES string of the molecule is O=C=Nc1[c]c(C(F)(F)F)ccc1. The Balaban J connectivity index is 3.12. The minimum Gasteiger partial charge on any atom is -0.211 e. The molecule has 1 aromatic rings. The van der Waals surface area contributed by atoms with E-state index in [0.717, 1.165) is 18.2 Å². The standard InChI is InChI=1S/C8H3F3NO/c9-8(10,11)6-2-1-3-7(4-6)12-5-13/h1-3H. The summed E-state index contributed by atoms with van der Waals surface area (Å²) in [5.74, 6) is 0. The molecule has 0 aliphatic heterocycles. The lowest BCUT2D eigenvalue weighted by Crippen LogP contribution is -2.04. The van der Waals surface area contributed by atoms with Crippen LogP contribution in [0, 0.1) is 6.07 Å². The van der Waals surface area contributed by atoms with Crippen molar-refractivity contribution in [2.45, 2.75) is 6.18 Å². The molecule has 13 heavy (non-hydrogen) atoms. The van der Waals surface area contributed by atoms with Crippen molar-refractivity contribution in [3.8, 4) is 0 Å². The van der Waals surface area contributed by atoms with E-state index in [1.807, 2.05) is 6.07 Å². The maximum Gasteiger partial charge on any atom is 0.417 e. The first-order chi connectivity index (χ1) is 6.04. The molecule has 0 aromatic heterocycles. The molecule has 1 radical (unpaired) electrons. The number of alkyl halides is 3. The van der Waals surface area contributed by atoms with Crippen LogP contribution in [0.3, 0.4) is 0 Å². The van der Waals surface area contributed by atoms with Gasteiger partial charge < -0.3 is 0 Å². The first kappa shape index (κ1) is 9.48. The van der Waals surface area contributed by atoms with E-state index in [9.17, 15) is 18.0 Å². The van der Waals surface area contributed by atoms with Gasteiger partial charge in [-0.2, -0.15) is 18.2 Å². The Hall–Kier alpha value is -1.61. The third kappa shape index (κ3) is 2.42. The van der Waals surface area contributed by atoms with E-state index in [4.69, 9.17) is 0 Å². The first-order valence-corrected chi connectivity index (χ1v) is 3.21. The van der Waals surface area contributed by atoms with Crippen molar-refractivity contribution in [1.82, 2.24) is 0 Å². The summed E-state index contributed by atoms with van der Waals surface area (Å²) >= 11 is 0. The van der Waals surface area contributed by atoms with Gasteiger partial charge in [0.15, 0.2) is 0 Å².